The minimum absolute atomic E-state index is 0.231. The van der Waals surface area contributed by atoms with Crippen molar-refractivity contribution in [1.82, 2.24) is 9.80 Å². The Morgan fingerprint density at radius 1 is 1.00 bits per heavy atom. The van der Waals surface area contributed by atoms with Crippen molar-refractivity contribution in [1.29, 1.82) is 0 Å². The number of nitrogens with two attached hydrogens (primary N) is 1. The molecule has 1 amide bonds. The largest absolute Gasteiger partial charge is 0.341 e. The number of nitrogens with zero attached hydrogens (tertiary/aromatic N) is 2. The lowest BCUT2D eigenvalue weighted by Crippen LogP contribution is -2.55. The summed E-state index contributed by atoms with van der Waals surface area (Å²) < 4.78 is 0. The van der Waals surface area contributed by atoms with E-state index < -0.39 is 5.54 Å². The van der Waals surface area contributed by atoms with E-state index in [9.17, 15) is 4.79 Å². The van der Waals surface area contributed by atoms with Gasteiger partial charge in [0, 0.05) is 19.6 Å². The quantitative estimate of drug-likeness (QED) is 0.853. The number of piperidine rings is 1. The van der Waals surface area contributed by atoms with Crippen LogP contribution in [0.4, 0.5) is 0 Å². The summed E-state index contributed by atoms with van der Waals surface area (Å²) in [6.07, 6.45) is 9.08. The standard InChI is InChI=1S/C16H29N3O/c17-16(7-1-2-8-16)15(20)19-11-5-14(6-12-19)13-18-9-3-4-10-18/h14H,1-13,17H2. The molecular weight excluding hydrogens is 250 g/mol. The number of amides is 1. The van der Waals surface area contributed by atoms with Crippen molar-refractivity contribution in [3.63, 3.8) is 0 Å². The minimum atomic E-state index is -0.526. The fourth-order valence-electron chi connectivity index (χ4n) is 4.18. The number of rotatable bonds is 3. The van der Waals surface area contributed by atoms with Gasteiger partial charge in [-0.3, -0.25) is 4.79 Å². The normalized spacial score (nSPS) is 28.1. The van der Waals surface area contributed by atoms with Crippen LogP contribution in [0.1, 0.15) is 51.4 Å². The van der Waals surface area contributed by atoms with E-state index >= 15 is 0 Å². The van der Waals surface area contributed by atoms with Crippen LogP contribution in [-0.2, 0) is 4.79 Å². The van der Waals surface area contributed by atoms with Gasteiger partial charge in [0.05, 0.1) is 5.54 Å². The Morgan fingerprint density at radius 3 is 2.20 bits per heavy atom. The highest BCUT2D eigenvalue weighted by Gasteiger charge is 2.40. The zero-order chi connectivity index (χ0) is 14.0. The van der Waals surface area contributed by atoms with Crippen molar-refractivity contribution in [2.24, 2.45) is 11.7 Å². The summed E-state index contributed by atoms with van der Waals surface area (Å²) in [5.74, 6) is 1.02. The van der Waals surface area contributed by atoms with Gasteiger partial charge in [0.2, 0.25) is 5.91 Å². The fourth-order valence-corrected chi connectivity index (χ4v) is 4.18. The zero-order valence-corrected chi connectivity index (χ0v) is 12.6. The molecule has 0 aromatic carbocycles. The Labute approximate surface area is 122 Å². The second-order valence-corrected chi connectivity index (χ2v) is 7.11. The van der Waals surface area contributed by atoms with Gasteiger partial charge in [-0.2, -0.15) is 0 Å². The van der Waals surface area contributed by atoms with E-state index in [1.807, 2.05) is 4.90 Å². The van der Waals surface area contributed by atoms with Gasteiger partial charge < -0.3 is 15.5 Å². The summed E-state index contributed by atoms with van der Waals surface area (Å²) >= 11 is 0. The molecule has 2 heterocycles. The van der Waals surface area contributed by atoms with Crippen molar-refractivity contribution in [2.75, 3.05) is 32.7 Å². The first kappa shape index (κ1) is 14.3. The molecule has 0 aromatic heterocycles. The van der Waals surface area contributed by atoms with Crippen LogP contribution < -0.4 is 5.73 Å². The molecule has 114 valence electrons. The molecule has 2 saturated heterocycles. The average molecular weight is 279 g/mol. The van der Waals surface area contributed by atoms with Gasteiger partial charge >= 0.3 is 0 Å². The third kappa shape index (κ3) is 3.01. The van der Waals surface area contributed by atoms with Crippen LogP contribution in [0.3, 0.4) is 0 Å². The Kier molecular flexibility index (Phi) is 4.32. The monoisotopic (exact) mass is 279 g/mol. The maximum absolute atomic E-state index is 12.6. The van der Waals surface area contributed by atoms with Crippen molar-refractivity contribution >= 4 is 5.91 Å². The smallest absolute Gasteiger partial charge is 0.242 e. The molecule has 0 atom stereocenters. The molecule has 3 rings (SSSR count). The summed E-state index contributed by atoms with van der Waals surface area (Å²) in [7, 11) is 0. The van der Waals surface area contributed by atoms with E-state index in [0.717, 1.165) is 44.7 Å². The number of carbonyl (C=O) groups is 1. The average Bonchev–Trinajstić information content (AvgIpc) is 3.11. The van der Waals surface area contributed by atoms with E-state index in [1.165, 1.54) is 45.3 Å². The van der Waals surface area contributed by atoms with Gasteiger partial charge in [0.25, 0.3) is 0 Å². The topological polar surface area (TPSA) is 49.6 Å². The third-order valence-electron chi connectivity index (χ3n) is 5.54. The molecule has 1 aliphatic carbocycles. The maximum Gasteiger partial charge on any atom is 0.242 e. The fraction of sp³-hybridized carbons (Fsp3) is 0.938. The van der Waals surface area contributed by atoms with Gasteiger partial charge in [-0.15, -0.1) is 0 Å². The van der Waals surface area contributed by atoms with E-state index in [1.54, 1.807) is 0 Å². The molecule has 2 N–H and O–H groups in total. The molecule has 0 radical (unpaired) electrons. The molecule has 4 heteroatoms. The van der Waals surface area contributed by atoms with Crippen molar-refractivity contribution in [3.8, 4) is 0 Å². The summed E-state index contributed by atoms with van der Waals surface area (Å²) in [4.78, 5) is 17.2. The molecule has 0 aromatic rings. The lowest BCUT2D eigenvalue weighted by Gasteiger charge is -2.37. The van der Waals surface area contributed by atoms with Gasteiger partial charge in [0.15, 0.2) is 0 Å². The predicted octanol–water partition coefficient (Wildman–Crippen LogP) is 1.59. The Balaban J connectivity index is 1.46. The Morgan fingerprint density at radius 2 is 1.60 bits per heavy atom. The summed E-state index contributed by atoms with van der Waals surface area (Å²) in [5.41, 5.74) is 5.77. The highest BCUT2D eigenvalue weighted by molar-refractivity contribution is 5.86. The van der Waals surface area contributed by atoms with Crippen LogP contribution in [0.2, 0.25) is 0 Å². The zero-order valence-electron chi connectivity index (χ0n) is 12.6. The van der Waals surface area contributed by atoms with Crippen LogP contribution in [0.5, 0.6) is 0 Å². The molecule has 0 spiro atoms. The lowest BCUT2D eigenvalue weighted by atomic mass is 9.92. The highest BCUT2D eigenvalue weighted by Crippen LogP contribution is 2.30. The molecule has 4 nitrogen and oxygen atoms in total. The summed E-state index contributed by atoms with van der Waals surface area (Å²) in [5, 5.41) is 0. The van der Waals surface area contributed by atoms with E-state index in [-0.39, 0.29) is 5.91 Å². The van der Waals surface area contributed by atoms with Crippen molar-refractivity contribution in [3.05, 3.63) is 0 Å². The second kappa shape index (κ2) is 6.02. The SMILES string of the molecule is NC1(C(=O)N2CCC(CN3CCCC3)CC2)CCCC1. The molecule has 3 aliphatic rings. The molecular formula is C16H29N3O. The molecule has 1 saturated carbocycles. The third-order valence-corrected chi connectivity index (χ3v) is 5.54. The first-order valence-corrected chi connectivity index (χ1v) is 8.48. The van der Waals surface area contributed by atoms with E-state index in [0.29, 0.717) is 0 Å². The lowest BCUT2D eigenvalue weighted by molar-refractivity contribution is -0.138. The van der Waals surface area contributed by atoms with E-state index in [4.69, 9.17) is 5.73 Å². The second-order valence-electron chi connectivity index (χ2n) is 7.11. The van der Waals surface area contributed by atoms with Crippen molar-refractivity contribution < 1.29 is 4.79 Å². The van der Waals surface area contributed by atoms with E-state index in [2.05, 4.69) is 4.90 Å². The van der Waals surface area contributed by atoms with Crippen LogP contribution in [0.15, 0.2) is 0 Å². The molecule has 0 bridgehead atoms. The maximum atomic E-state index is 12.6. The predicted molar refractivity (Wildman–Crippen MR) is 80.4 cm³/mol. The first-order chi connectivity index (χ1) is 9.67. The van der Waals surface area contributed by atoms with Crippen LogP contribution in [0, 0.1) is 5.92 Å². The Hall–Kier alpha value is -0.610. The van der Waals surface area contributed by atoms with Crippen LogP contribution >= 0.6 is 0 Å². The van der Waals surface area contributed by atoms with Crippen LogP contribution in [-0.4, -0.2) is 54.0 Å². The summed E-state index contributed by atoms with van der Waals surface area (Å²) in [6.45, 7) is 5.67. The Bertz CT molecular complexity index is 338. The number of likely N-dealkylation sites (tertiary alicyclic amines) is 2. The van der Waals surface area contributed by atoms with Gasteiger partial charge in [-0.25, -0.2) is 0 Å². The number of hydrogen-bond acceptors (Lipinski definition) is 3. The van der Waals surface area contributed by atoms with Crippen LogP contribution in [0.25, 0.3) is 0 Å². The molecule has 0 unspecified atom stereocenters. The molecule has 3 fully saturated rings. The van der Waals surface area contributed by atoms with Gasteiger partial charge in [-0.05, 0) is 57.5 Å². The minimum Gasteiger partial charge on any atom is -0.341 e. The number of hydrogen-bond donors (Lipinski definition) is 1. The highest BCUT2D eigenvalue weighted by atomic mass is 16.2. The summed E-state index contributed by atoms with van der Waals surface area (Å²) in [6, 6.07) is 0. The molecule has 2 aliphatic heterocycles. The van der Waals surface area contributed by atoms with Gasteiger partial charge in [-0.1, -0.05) is 12.8 Å². The molecule has 20 heavy (non-hydrogen) atoms. The van der Waals surface area contributed by atoms with Crippen molar-refractivity contribution in [2.45, 2.75) is 56.9 Å². The first-order valence-electron chi connectivity index (χ1n) is 8.48. The number of carbonyl (C=O) groups excluding carboxylic acids is 1. The van der Waals surface area contributed by atoms with Gasteiger partial charge in [0.1, 0.15) is 0 Å².